The maximum atomic E-state index is 12.0. The average Bonchev–Trinajstić information content (AvgIpc) is 2.45. The molecule has 0 aliphatic carbocycles. The van der Waals surface area contributed by atoms with Gasteiger partial charge < -0.3 is 9.30 Å². The van der Waals surface area contributed by atoms with Crippen LogP contribution in [0.4, 0.5) is 0 Å². The van der Waals surface area contributed by atoms with E-state index in [0.29, 0.717) is 0 Å². The molecule has 2 rings (SSSR count). The number of aromatic nitrogens is 1. The van der Waals surface area contributed by atoms with E-state index in [9.17, 15) is 18.0 Å². The Bertz CT molecular complexity index is 881. The lowest BCUT2D eigenvalue weighted by molar-refractivity contribution is 0.0600. The largest absolute Gasteiger partial charge is 0.465 e. The summed E-state index contributed by atoms with van der Waals surface area (Å²) in [6.07, 6.45) is 3.85. The number of methoxy groups -OCH3 is 1. The molecule has 0 aliphatic rings. The van der Waals surface area contributed by atoms with E-state index in [1.165, 1.54) is 42.3 Å². The first kappa shape index (κ1) is 16.3. The minimum Gasteiger partial charge on any atom is -0.465 e. The number of carbonyl (C=O) groups is 1. The molecule has 116 valence electrons. The van der Waals surface area contributed by atoms with Crippen LogP contribution in [0.2, 0.25) is 5.02 Å². The van der Waals surface area contributed by atoms with Gasteiger partial charge >= 0.3 is 5.97 Å². The molecule has 6 nitrogen and oxygen atoms in total. The summed E-state index contributed by atoms with van der Waals surface area (Å²) in [7, 11) is -2.46. The molecule has 0 bridgehead atoms. The third-order valence-corrected chi connectivity index (χ3v) is 4.37. The second-order valence-electron chi connectivity index (χ2n) is 4.50. The Morgan fingerprint density at radius 3 is 2.32 bits per heavy atom. The summed E-state index contributed by atoms with van der Waals surface area (Å²) in [6, 6.07) is 5.08. The Kier molecular flexibility index (Phi) is 4.39. The average molecular weight is 342 g/mol. The minimum absolute atomic E-state index is 0.0469. The molecule has 0 radical (unpaired) electrons. The van der Waals surface area contributed by atoms with Gasteiger partial charge in [0.15, 0.2) is 15.3 Å². The number of nitrogens with zero attached hydrogens (tertiary/aromatic N) is 1. The smallest absolute Gasteiger partial charge is 0.339 e. The molecule has 0 spiro atoms. The number of rotatable bonds is 3. The summed E-state index contributed by atoms with van der Waals surface area (Å²) in [4.78, 5) is 22.7. The maximum absolute atomic E-state index is 12.0. The lowest BCUT2D eigenvalue weighted by atomic mass is 10.2. The minimum atomic E-state index is -3.64. The number of benzene rings is 1. The topological polar surface area (TPSA) is 82.4 Å². The zero-order valence-corrected chi connectivity index (χ0v) is 13.3. The highest BCUT2D eigenvalue weighted by Crippen LogP contribution is 2.28. The quantitative estimate of drug-likeness (QED) is 0.793. The van der Waals surface area contributed by atoms with E-state index in [2.05, 4.69) is 4.74 Å². The summed E-state index contributed by atoms with van der Waals surface area (Å²) >= 11 is 6.04. The summed E-state index contributed by atoms with van der Waals surface area (Å²) < 4.78 is 30.0. The van der Waals surface area contributed by atoms with E-state index in [4.69, 9.17) is 11.6 Å². The van der Waals surface area contributed by atoms with Crippen molar-refractivity contribution >= 4 is 27.4 Å². The normalized spacial score (nSPS) is 11.2. The van der Waals surface area contributed by atoms with E-state index in [1.807, 2.05) is 0 Å². The number of ether oxygens (including phenoxy) is 1. The molecule has 0 saturated carbocycles. The predicted molar refractivity (Wildman–Crippen MR) is 81.5 cm³/mol. The van der Waals surface area contributed by atoms with Crippen molar-refractivity contribution < 1.29 is 17.9 Å². The van der Waals surface area contributed by atoms with E-state index in [0.717, 1.165) is 12.3 Å². The molecule has 8 heteroatoms. The molecule has 2 aromatic rings. The molecule has 0 amide bonds. The van der Waals surface area contributed by atoms with Crippen molar-refractivity contribution in [2.75, 3.05) is 13.4 Å². The number of hydrogen-bond acceptors (Lipinski definition) is 5. The second kappa shape index (κ2) is 5.94. The number of hydrogen-bond donors (Lipinski definition) is 0. The fourth-order valence-corrected chi connectivity index (χ4v) is 2.99. The third-order valence-electron chi connectivity index (χ3n) is 2.93. The first-order chi connectivity index (χ1) is 10.2. The highest BCUT2D eigenvalue weighted by molar-refractivity contribution is 7.90. The summed E-state index contributed by atoms with van der Waals surface area (Å²) in [5.41, 5.74) is -0.0241. The fourth-order valence-electron chi connectivity index (χ4n) is 1.88. The molecule has 0 fully saturated rings. The van der Waals surface area contributed by atoms with Crippen molar-refractivity contribution in [3.63, 3.8) is 0 Å². The number of esters is 1. The van der Waals surface area contributed by atoms with Crippen molar-refractivity contribution in [2.45, 2.75) is 4.90 Å². The Labute approximate surface area is 131 Å². The van der Waals surface area contributed by atoms with Gasteiger partial charge in [0.25, 0.3) is 0 Å². The van der Waals surface area contributed by atoms with Crippen LogP contribution in [0, 0.1) is 0 Å². The van der Waals surface area contributed by atoms with E-state index < -0.39 is 15.8 Å². The molecule has 0 aliphatic heterocycles. The van der Waals surface area contributed by atoms with Gasteiger partial charge in [-0.05, 0) is 12.1 Å². The highest BCUT2D eigenvalue weighted by Gasteiger charge is 2.21. The fraction of sp³-hybridized carbons (Fsp3) is 0.143. The lowest BCUT2D eigenvalue weighted by Gasteiger charge is -2.13. The van der Waals surface area contributed by atoms with Crippen LogP contribution in [0.5, 0.6) is 0 Å². The van der Waals surface area contributed by atoms with Crippen molar-refractivity contribution in [3.8, 4) is 5.69 Å². The highest BCUT2D eigenvalue weighted by atomic mass is 35.5. The van der Waals surface area contributed by atoms with Crippen molar-refractivity contribution in [3.05, 3.63) is 57.5 Å². The summed E-state index contributed by atoms with van der Waals surface area (Å²) in [5, 5.41) is 0.0490. The van der Waals surface area contributed by atoms with Crippen molar-refractivity contribution in [2.24, 2.45) is 0 Å². The first-order valence-electron chi connectivity index (χ1n) is 6.04. The van der Waals surface area contributed by atoms with Crippen molar-refractivity contribution in [1.29, 1.82) is 0 Å². The molecule has 1 aromatic heterocycles. The number of pyridine rings is 1. The van der Waals surface area contributed by atoms with Crippen LogP contribution in [0.1, 0.15) is 10.4 Å². The molecular formula is C14H12ClNO5S. The summed E-state index contributed by atoms with van der Waals surface area (Å²) in [6.45, 7) is 0. The monoisotopic (exact) mass is 341 g/mol. The molecule has 1 heterocycles. The summed E-state index contributed by atoms with van der Waals surface area (Å²) in [5.74, 6) is -0.735. The van der Waals surface area contributed by atoms with Gasteiger partial charge in [-0.2, -0.15) is 0 Å². The van der Waals surface area contributed by atoms with Crippen LogP contribution < -0.4 is 5.43 Å². The van der Waals surface area contributed by atoms with Crippen LogP contribution in [0.3, 0.4) is 0 Å². The Balaban J connectivity index is 2.78. The molecule has 0 unspecified atom stereocenters. The van der Waals surface area contributed by atoms with Crippen LogP contribution in [0.15, 0.2) is 46.3 Å². The maximum Gasteiger partial charge on any atom is 0.339 e. The Morgan fingerprint density at radius 2 is 1.82 bits per heavy atom. The second-order valence-corrected chi connectivity index (χ2v) is 6.90. The third kappa shape index (κ3) is 3.20. The molecule has 1 aromatic carbocycles. The van der Waals surface area contributed by atoms with Gasteiger partial charge in [0.1, 0.15) is 0 Å². The van der Waals surface area contributed by atoms with Gasteiger partial charge in [-0.15, -0.1) is 0 Å². The van der Waals surface area contributed by atoms with Gasteiger partial charge in [0.05, 0.1) is 28.3 Å². The van der Waals surface area contributed by atoms with E-state index >= 15 is 0 Å². The Hall–Kier alpha value is -2.12. The van der Waals surface area contributed by atoms with Gasteiger partial charge in [0.2, 0.25) is 0 Å². The zero-order chi connectivity index (χ0) is 16.5. The number of sulfone groups is 1. The van der Waals surface area contributed by atoms with Gasteiger partial charge in [0, 0.05) is 30.8 Å². The van der Waals surface area contributed by atoms with Gasteiger partial charge in [-0.1, -0.05) is 11.6 Å². The molecule has 22 heavy (non-hydrogen) atoms. The standard InChI is InChI=1S/C14H12ClNO5S/c1-21-14(18)10-7-13(22(2,19)20)12(8-11(10)15)16-5-3-9(17)4-6-16/h3-8H,1-2H3. The van der Waals surface area contributed by atoms with Gasteiger partial charge in [-0.25, -0.2) is 13.2 Å². The predicted octanol–water partition coefficient (Wildman–Crippen LogP) is 1.68. The first-order valence-corrected chi connectivity index (χ1v) is 8.31. The van der Waals surface area contributed by atoms with Crippen LogP contribution in [0.25, 0.3) is 5.69 Å². The Morgan fingerprint density at radius 1 is 1.23 bits per heavy atom. The number of carbonyl (C=O) groups excluding carboxylic acids is 1. The number of halogens is 1. The van der Waals surface area contributed by atoms with E-state index in [1.54, 1.807) is 0 Å². The molecule has 0 atom stereocenters. The zero-order valence-electron chi connectivity index (χ0n) is 11.7. The molecule has 0 N–H and O–H groups in total. The van der Waals surface area contributed by atoms with Crippen LogP contribution in [-0.2, 0) is 14.6 Å². The van der Waals surface area contributed by atoms with Gasteiger partial charge in [-0.3, -0.25) is 4.79 Å². The van der Waals surface area contributed by atoms with Crippen LogP contribution in [-0.4, -0.2) is 32.3 Å². The SMILES string of the molecule is COC(=O)c1cc(S(C)(=O)=O)c(-n2ccc(=O)cc2)cc1Cl. The molecular weight excluding hydrogens is 330 g/mol. The lowest BCUT2D eigenvalue weighted by Crippen LogP contribution is -2.11. The molecule has 0 saturated heterocycles. The van der Waals surface area contributed by atoms with Crippen molar-refractivity contribution in [1.82, 2.24) is 4.57 Å². The van der Waals surface area contributed by atoms with Crippen LogP contribution >= 0.6 is 11.6 Å². The van der Waals surface area contributed by atoms with E-state index in [-0.39, 0.29) is 26.6 Å².